The van der Waals surface area contributed by atoms with Crippen molar-refractivity contribution < 1.29 is 34.7 Å². The molecule has 0 radical (unpaired) electrons. The molecule has 7 heteroatoms. The van der Waals surface area contributed by atoms with E-state index in [1.165, 1.54) is 88.5 Å². The predicted molar refractivity (Wildman–Crippen MR) is 147 cm³/mol. The number of ether oxygens (including phenoxy) is 2. The molecule has 0 aliphatic carbocycles. The molecule has 1 heterocycles. The predicted octanol–water partition coefficient (Wildman–Crippen LogP) is 7.58. The van der Waals surface area contributed by atoms with Crippen LogP contribution in [0.15, 0.2) is 30.3 Å². The number of unbranched alkanes of at least 4 members (excludes halogenated alkanes) is 12. The number of phenolic OH excluding ortho intramolecular Hbond substituents is 4. The standard InChI is InChI=1S/C31H44O7/c1-2-3-4-5-6-7-8-9-10-11-12-13-14-15-30(36)37-29-21-24-26(34)19-23(32)20-28(24)38-31(29)22-16-17-25(33)27(35)18-22/h16-20,29,31-35H,2-15,21H2,1H3/t29-,31+/m0/s1. The number of rotatable bonds is 16. The van der Waals surface area contributed by atoms with Gasteiger partial charge in [0.15, 0.2) is 17.6 Å². The van der Waals surface area contributed by atoms with E-state index in [1.54, 1.807) is 6.07 Å². The normalized spacial score (nSPS) is 16.6. The highest BCUT2D eigenvalue weighted by Crippen LogP contribution is 2.43. The lowest BCUT2D eigenvalue weighted by Crippen LogP contribution is -2.34. The van der Waals surface area contributed by atoms with E-state index in [4.69, 9.17) is 9.47 Å². The Morgan fingerprint density at radius 1 is 0.789 bits per heavy atom. The Labute approximate surface area is 226 Å². The van der Waals surface area contributed by atoms with Crippen LogP contribution in [0.3, 0.4) is 0 Å². The Kier molecular flexibility index (Phi) is 11.9. The molecule has 0 unspecified atom stereocenters. The lowest BCUT2D eigenvalue weighted by Gasteiger charge is -2.34. The highest BCUT2D eigenvalue weighted by molar-refractivity contribution is 5.69. The van der Waals surface area contributed by atoms with Crippen molar-refractivity contribution in [3.8, 4) is 28.7 Å². The van der Waals surface area contributed by atoms with Crippen molar-refractivity contribution >= 4 is 5.97 Å². The zero-order valence-electron chi connectivity index (χ0n) is 22.7. The van der Waals surface area contributed by atoms with E-state index in [-0.39, 0.29) is 41.1 Å². The first-order valence-electron chi connectivity index (χ1n) is 14.3. The quantitative estimate of drug-likeness (QED) is 0.101. The van der Waals surface area contributed by atoms with Crippen molar-refractivity contribution in [3.63, 3.8) is 0 Å². The van der Waals surface area contributed by atoms with Gasteiger partial charge in [0.2, 0.25) is 0 Å². The second-order valence-corrected chi connectivity index (χ2v) is 10.5. The Morgan fingerprint density at radius 3 is 2.00 bits per heavy atom. The molecular formula is C31H44O7. The van der Waals surface area contributed by atoms with Crippen LogP contribution in [0.2, 0.25) is 0 Å². The largest absolute Gasteiger partial charge is 0.508 e. The van der Waals surface area contributed by atoms with E-state index >= 15 is 0 Å². The Hall–Kier alpha value is -3.09. The number of carbonyl (C=O) groups excluding carboxylic acids is 1. The van der Waals surface area contributed by atoms with Crippen LogP contribution in [0.1, 0.15) is 114 Å². The summed E-state index contributed by atoms with van der Waals surface area (Å²) in [6.45, 7) is 2.25. The van der Waals surface area contributed by atoms with Crippen molar-refractivity contribution in [1.82, 2.24) is 0 Å². The third-order valence-corrected chi connectivity index (χ3v) is 7.26. The van der Waals surface area contributed by atoms with Crippen LogP contribution in [0.5, 0.6) is 28.7 Å². The number of esters is 1. The van der Waals surface area contributed by atoms with Gasteiger partial charge in [-0.2, -0.15) is 0 Å². The average Bonchev–Trinajstić information content (AvgIpc) is 2.88. The first-order valence-corrected chi connectivity index (χ1v) is 14.3. The van der Waals surface area contributed by atoms with Gasteiger partial charge in [0, 0.05) is 36.1 Å². The zero-order chi connectivity index (χ0) is 27.3. The Morgan fingerprint density at radius 2 is 1.39 bits per heavy atom. The summed E-state index contributed by atoms with van der Waals surface area (Å²) in [5, 5.41) is 39.8. The third kappa shape index (κ3) is 9.03. The molecule has 4 N–H and O–H groups in total. The number of fused-ring (bicyclic) bond motifs is 1. The molecule has 210 valence electrons. The van der Waals surface area contributed by atoms with Crippen LogP contribution in [0.25, 0.3) is 0 Å². The summed E-state index contributed by atoms with van der Waals surface area (Å²) < 4.78 is 11.8. The molecule has 0 amide bonds. The summed E-state index contributed by atoms with van der Waals surface area (Å²) in [6, 6.07) is 6.91. The highest BCUT2D eigenvalue weighted by Gasteiger charge is 2.36. The molecule has 3 rings (SSSR count). The molecule has 1 aliphatic heterocycles. The number of phenols is 4. The zero-order valence-corrected chi connectivity index (χ0v) is 22.7. The number of hydrogen-bond donors (Lipinski definition) is 4. The molecule has 1 aliphatic rings. The first kappa shape index (κ1) is 29.5. The van der Waals surface area contributed by atoms with Gasteiger partial charge in [-0.25, -0.2) is 0 Å². The number of hydrogen-bond acceptors (Lipinski definition) is 7. The maximum atomic E-state index is 12.7. The topological polar surface area (TPSA) is 116 Å². The summed E-state index contributed by atoms with van der Waals surface area (Å²) in [6.07, 6.45) is 15.0. The van der Waals surface area contributed by atoms with Crippen LogP contribution in [0.4, 0.5) is 0 Å². The molecule has 0 saturated carbocycles. The SMILES string of the molecule is CCCCCCCCCCCCCCCC(=O)O[C@H]1Cc2c(O)cc(O)cc2O[C@@H]1c1ccc(O)c(O)c1. The molecule has 0 spiro atoms. The van der Waals surface area contributed by atoms with Gasteiger partial charge in [-0.15, -0.1) is 0 Å². The molecule has 0 fully saturated rings. The fourth-order valence-corrected chi connectivity index (χ4v) is 5.07. The Balaban J connectivity index is 1.43. The fraction of sp³-hybridized carbons (Fsp3) is 0.581. The molecule has 38 heavy (non-hydrogen) atoms. The minimum Gasteiger partial charge on any atom is -0.508 e. The molecule has 2 atom stereocenters. The van der Waals surface area contributed by atoms with Gasteiger partial charge in [-0.1, -0.05) is 90.0 Å². The van der Waals surface area contributed by atoms with Gasteiger partial charge in [-0.3, -0.25) is 4.79 Å². The van der Waals surface area contributed by atoms with E-state index in [1.807, 2.05) is 0 Å². The summed E-state index contributed by atoms with van der Waals surface area (Å²) in [5.41, 5.74) is 0.952. The van der Waals surface area contributed by atoms with Crippen LogP contribution in [-0.2, 0) is 16.0 Å². The second-order valence-electron chi connectivity index (χ2n) is 10.5. The monoisotopic (exact) mass is 528 g/mol. The Bertz CT molecular complexity index is 1020. The van der Waals surface area contributed by atoms with Gasteiger partial charge < -0.3 is 29.9 Å². The van der Waals surface area contributed by atoms with Gasteiger partial charge >= 0.3 is 5.97 Å². The molecule has 0 aromatic heterocycles. The maximum Gasteiger partial charge on any atom is 0.306 e. The van der Waals surface area contributed by atoms with Gasteiger partial charge in [-0.05, 0) is 18.6 Å². The van der Waals surface area contributed by atoms with E-state index in [9.17, 15) is 25.2 Å². The van der Waals surface area contributed by atoms with Crippen molar-refractivity contribution in [3.05, 3.63) is 41.5 Å². The average molecular weight is 529 g/mol. The minimum atomic E-state index is -0.772. The van der Waals surface area contributed by atoms with Crippen molar-refractivity contribution in [2.75, 3.05) is 0 Å². The molecule has 2 aromatic rings. The first-order chi connectivity index (χ1) is 18.4. The van der Waals surface area contributed by atoms with Gasteiger partial charge in [0.1, 0.15) is 23.4 Å². The third-order valence-electron chi connectivity index (χ3n) is 7.26. The summed E-state index contributed by atoms with van der Waals surface area (Å²) in [4.78, 5) is 12.7. The van der Waals surface area contributed by atoms with E-state index in [0.29, 0.717) is 17.5 Å². The lowest BCUT2D eigenvalue weighted by atomic mass is 9.93. The summed E-state index contributed by atoms with van der Waals surface area (Å²) in [7, 11) is 0. The molecule has 0 saturated heterocycles. The van der Waals surface area contributed by atoms with Crippen molar-refractivity contribution in [2.45, 2.75) is 115 Å². The summed E-state index contributed by atoms with van der Waals surface area (Å²) in [5.74, 6) is -0.917. The van der Waals surface area contributed by atoms with Crippen molar-refractivity contribution in [1.29, 1.82) is 0 Å². The molecule has 7 nitrogen and oxygen atoms in total. The smallest absolute Gasteiger partial charge is 0.306 e. The van der Waals surface area contributed by atoms with Crippen LogP contribution >= 0.6 is 0 Å². The van der Waals surface area contributed by atoms with E-state index in [0.717, 1.165) is 19.3 Å². The fourth-order valence-electron chi connectivity index (χ4n) is 5.07. The number of carbonyl (C=O) groups is 1. The van der Waals surface area contributed by atoms with E-state index in [2.05, 4.69) is 6.92 Å². The molecule has 2 aromatic carbocycles. The van der Waals surface area contributed by atoms with Crippen LogP contribution < -0.4 is 4.74 Å². The highest BCUT2D eigenvalue weighted by atomic mass is 16.6. The van der Waals surface area contributed by atoms with E-state index < -0.39 is 12.2 Å². The maximum absolute atomic E-state index is 12.7. The van der Waals surface area contributed by atoms with Gasteiger partial charge in [0.05, 0.1) is 0 Å². The molecule has 0 bridgehead atoms. The number of benzene rings is 2. The van der Waals surface area contributed by atoms with Crippen LogP contribution in [0, 0.1) is 0 Å². The summed E-state index contributed by atoms with van der Waals surface area (Å²) >= 11 is 0. The second kappa shape index (κ2) is 15.4. The van der Waals surface area contributed by atoms with Crippen molar-refractivity contribution in [2.24, 2.45) is 0 Å². The van der Waals surface area contributed by atoms with Gasteiger partial charge in [0.25, 0.3) is 0 Å². The van der Waals surface area contributed by atoms with Crippen LogP contribution in [-0.4, -0.2) is 32.5 Å². The molecular weight excluding hydrogens is 484 g/mol. The number of aromatic hydroxyl groups is 4. The minimum absolute atomic E-state index is 0.135. The lowest BCUT2D eigenvalue weighted by molar-refractivity contribution is -0.155.